The Balaban J connectivity index is 0.955. The van der Waals surface area contributed by atoms with E-state index >= 15 is 0 Å². The van der Waals surface area contributed by atoms with Crippen LogP contribution in [0.5, 0.6) is 0 Å². The number of amides is 3. The lowest BCUT2D eigenvalue weighted by Crippen LogP contribution is -2.46. The second-order valence-corrected chi connectivity index (χ2v) is 14.8. The van der Waals surface area contributed by atoms with Crippen LogP contribution in [0.1, 0.15) is 73.6 Å². The van der Waals surface area contributed by atoms with E-state index in [-0.39, 0.29) is 29.4 Å². The van der Waals surface area contributed by atoms with E-state index in [2.05, 4.69) is 58.0 Å². The van der Waals surface area contributed by atoms with Gasteiger partial charge in [0, 0.05) is 45.8 Å². The van der Waals surface area contributed by atoms with Gasteiger partial charge in [0.25, 0.3) is 5.91 Å². The average molecular weight is 660 g/mol. The molecule has 2 unspecified atom stereocenters. The number of carbonyl (C=O) groups is 2. The number of hydrogen-bond donors (Lipinski definition) is 2. The molecule has 10 heteroatoms. The van der Waals surface area contributed by atoms with Crippen molar-refractivity contribution in [1.82, 2.24) is 24.3 Å². The summed E-state index contributed by atoms with van der Waals surface area (Å²) in [5.41, 5.74) is 7.29. The predicted molar refractivity (Wildman–Crippen MR) is 191 cm³/mol. The van der Waals surface area contributed by atoms with E-state index in [0.29, 0.717) is 11.7 Å². The third-order valence-electron chi connectivity index (χ3n) is 9.59. The standard InChI is InChI=1S/C38H41N7O2S/c1-24-5-15-30(16-6-24)45-35(22-34(42-45)38(2,3)4)40-37(47)39-29-13-7-25(8-14-29)19-26-20-31-17-18-32(21-26)44(31)36(46)28-11-9-27(10-12-28)33-23-48-43-41-33/h5-16,22-23,26,31-32H,17-21H2,1-4H3,(H2,39,40,47). The van der Waals surface area contributed by atoms with E-state index in [9.17, 15) is 9.59 Å². The summed E-state index contributed by atoms with van der Waals surface area (Å²) in [6, 6.07) is 26.1. The van der Waals surface area contributed by atoms with Crippen LogP contribution in [0.15, 0.2) is 84.2 Å². The van der Waals surface area contributed by atoms with Crippen LogP contribution in [0.4, 0.5) is 16.3 Å². The van der Waals surface area contributed by atoms with E-state index in [1.54, 1.807) is 4.68 Å². The fraction of sp³-hybridized carbons (Fsp3) is 0.342. The molecule has 0 radical (unpaired) electrons. The van der Waals surface area contributed by atoms with Gasteiger partial charge in [-0.25, -0.2) is 9.48 Å². The molecule has 2 atom stereocenters. The number of urea groups is 1. The van der Waals surface area contributed by atoms with Crippen LogP contribution in [-0.2, 0) is 11.8 Å². The topological polar surface area (TPSA) is 105 Å². The number of hydrogen-bond acceptors (Lipinski definition) is 6. The second kappa shape index (κ2) is 13.0. The zero-order valence-electron chi connectivity index (χ0n) is 27.8. The monoisotopic (exact) mass is 659 g/mol. The zero-order valence-corrected chi connectivity index (χ0v) is 28.6. The number of aromatic nitrogens is 4. The van der Waals surface area contributed by atoms with Crippen LogP contribution in [0.25, 0.3) is 16.9 Å². The van der Waals surface area contributed by atoms with Crippen LogP contribution < -0.4 is 10.6 Å². The zero-order chi connectivity index (χ0) is 33.4. The quantitative estimate of drug-likeness (QED) is 0.183. The summed E-state index contributed by atoms with van der Waals surface area (Å²) in [6.45, 7) is 8.37. The fourth-order valence-electron chi connectivity index (χ4n) is 7.07. The molecule has 48 heavy (non-hydrogen) atoms. The molecule has 2 aliphatic heterocycles. The first-order valence-electron chi connectivity index (χ1n) is 16.7. The minimum atomic E-state index is -0.320. The summed E-state index contributed by atoms with van der Waals surface area (Å²) in [5.74, 6) is 1.27. The van der Waals surface area contributed by atoms with E-state index in [1.807, 2.05) is 79.0 Å². The van der Waals surface area contributed by atoms with Crippen molar-refractivity contribution in [2.75, 3.05) is 10.6 Å². The number of anilines is 2. The Bertz CT molecular complexity index is 1880. The van der Waals surface area contributed by atoms with E-state index in [1.165, 1.54) is 17.1 Å². The lowest BCUT2D eigenvalue weighted by atomic mass is 9.85. The Morgan fingerprint density at radius 1 is 0.896 bits per heavy atom. The summed E-state index contributed by atoms with van der Waals surface area (Å²) >= 11 is 1.32. The lowest BCUT2D eigenvalue weighted by Gasteiger charge is -2.39. The largest absolute Gasteiger partial charge is 0.333 e. The first-order valence-corrected chi connectivity index (χ1v) is 17.5. The molecule has 2 aromatic heterocycles. The molecule has 0 aliphatic carbocycles. The molecule has 2 N–H and O–H groups in total. The molecule has 5 aromatic rings. The van der Waals surface area contributed by atoms with Crippen molar-refractivity contribution in [1.29, 1.82) is 0 Å². The molecule has 2 bridgehead atoms. The first kappa shape index (κ1) is 31.8. The minimum Gasteiger partial charge on any atom is -0.333 e. The molecule has 4 heterocycles. The van der Waals surface area contributed by atoms with Crippen LogP contribution in [-0.4, -0.2) is 48.3 Å². The summed E-state index contributed by atoms with van der Waals surface area (Å²) in [5, 5.41) is 16.9. The Kier molecular flexibility index (Phi) is 8.60. The first-order chi connectivity index (χ1) is 23.1. The Morgan fingerprint density at radius 3 is 2.21 bits per heavy atom. The number of nitrogens with zero attached hydrogens (tertiary/aromatic N) is 5. The molecule has 7 rings (SSSR count). The molecule has 2 fully saturated rings. The van der Waals surface area contributed by atoms with E-state index in [0.717, 1.165) is 71.6 Å². The van der Waals surface area contributed by atoms with Crippen LogP contribution in [0.2, 0.25) is 0 Å². The van der Waals surface area contributed by atoms with Gasteiger partial charge in [0.05, 0.1) is 11.4 Å². The third-order valence-corrected chi connectivity index (χ3v) is 10.1. The SMILES string of the molecule is Cc1ccc(-n2nc(C(C)(C)C)cc2NC(=O)Nc2ccc(CC3CC4CCC(C3)N4C(=O)c3ccc(-c4csnn4)cc3)cc2)cc1. The average Bonchev–Trinajstić information content (AvgIpc) is 3.81. The molecule has 0 spiro atoms. The number of nitrogens with one attached hydrogen (secondary N) is 2. The van der Waals surface area contributed by atoms with Gasteiger partial charge in [0.1, 0.15) is 11.5 Å². The van der Waals surface area contributed by atoms with Gasteiger partial charge in [-0.3, -0.25) is 10.1 Å². The molecular weight excluding hydrogens is 619 g/mol. The number of carbonyl (C=O) groups excluding carboxylic acids is 2. The minimum absolute atomic E-state index is 0.133. The van der Waals surface area contributed by atoms with Gasteiger partial charge in [-0.1, -0.05) is 67.2 Å². The third kappa shape index (κ3) is 6.75. The molecule has 2 aliphatic rings. The van der Waals surface area contributed by atoms with Gasteiger partial charge in [0.2, 0.25) is 0 Å². The van der Waals surface area contributed by atoms with Gasteiger partial charge in [-0.15, -0.1) is 5.10 Å². The van der Waals surface area contributed by atoms with Gasteiger partial charge in [0.15, 0.2) is 0 Å². The summed E-state index contributed by atoms with van der Waals surface area (Å²) in [4.78, 5) is 28.8. The molecule has 2 saturated heterocycles. The highest BCUT2D eigenvalue weighted by atomic mass is 32.1. The second-order valence-electron chi connectivity index (χ2n) is 14.2. The smallest absolute Gasteiger partial charge is 0.324 e. The molecule has 3 aromatic carbocycles. The maximum absolute atomic E-state index is 13.6. The van der Waals surface area contributed by atoms with Gasteiger partial charge < -0.3 is 10.2 Å². The van der Waals surface area contributed by atoms with Crippen molar-refractivity contribution < 1.29 is 9.59 Å². The Labute approximate surface area is 285 Å². The summed E-state index contributed by atoms with van der Waals surface area (Å²) in [6.07, 6.45) is 5.11. The molecule has 0 saturated carbocycles. The molecule has 9 nitrogen and oxygen atoms in total. The van der Waals surface area contributed by atoms with Crippen molar-refractivity contribution in [3.8, 4) is 16.9 Å². The van der Waals surface area contributed by atoms with Gasteiger partial charge in [-0.05, 0) is 98.4 Å². The number of piperidine rings is 1. The number of benzene rings is 3. The highest BCUT2D eigenvalue weighted by molar-refractivity contribution is 7.03. The van der Waals surface area contributed by atoms with Crippen LogP contribution in [0.3, 0.4) is 0 Å². The highest BCUT2D eigenvalue weighted by Gasteiger charge is 2.43. The normalized spacial score (nSPS) is 18.9. The van der Waals surface area contributed by atoms with Crippen molar-refractivity contribution in [3.05, 3.63) is 107 Å². The summed E-state index contributed by atoms with van der Waals surface area (Å²) < 4.78 is 5.72. The molecular formula is C38H41N7O2S. The van der Waals surface area contributed by atoms with Crippen LogP contribution >= 0.6 is 11.5 Å². The Hall–Kier alpha value is -4.83. The maximum Gasteiger partial charge on any atom is 0.324 e. The van der Waals surface area contributed by atoms with Crippen LogP contribution in [0, 0.1) is 12.8 Å². The Morgan fingerprint density at radius 2 is 1.58 bits per heavy atom. The summed E-state index contributed by atoms with van der Waals surface area (Å²) in [7, 11) is 0. The number of rotatable bonds is 7. The number of fused-ring (bicyclic) bond motifs is 2. The van der Waals surface area contributed by atoms with Gasteiger partial charge in [-0.2, -0.15) is 5.10 Å². The van der Waals surface area contributed by atoms with Crippen molar-refractivity contribution in [2.45, 2.75) is 77.3 Å². The predicted octanol–water partition coefficient (Wildman–Crippen LogP) is 8.27. The highest BCUT2D eigenvalue weighted by Crippen LogP contribution is 2.41. The molecule has 3 amide bonds. The van der Waals surface area contributed by atoms with E-state index in [4.69, 9.17) is 5.10 Å². The number of aryl methyl sites for hydroxylation is 1. The fourth-order valence-corrected chi connectivity index (χ4v) is 7.53. The van der Waals surface area contributed by atoms with E-state index < -0.39 is 0 Å². The van der Waals surface area contributed by atoms with Crippen molar-refractivity contribution >= 4 is 35.0 Å². The van der Waals surface area contributed by atoms with Gasteiger partial charge >= 0.3 is 6.03 Å². The van der Waals surface area contributed by atoms with Crippen molar-refractivity contribution in [3.63, 3.8) is 0 Å². The maximum atomic E-state index is 13.6. The van der Waals surface area contributed by atoms with Crippen molar-refractivity contribution in [2.24, 2.45) is 5.92 Å². The lowest BCUT2D eigenvalue weighted by molar-refractivity contribution is 0.0524. The molecule has 246 valence electrons.